The Balaban J connectivity index is 1.75. The fourth-order valence-electron chi connectivity index (χ4n) is 5.28. The number of aromatic amines is 2. The summed E-state index contributed by atoms with van der Waals surface area (Å²) in [5, 5.41) is 0. The van der Waals surface area contributed by atoms with Gasteiger partial charge in [0.05, 0.1) is 11.4 Å². The van der Waals surface area contributed by atoms with E-state index in [1.165, 1.54) is 93.0 Å². The van der Waals surface area contributed by atoms with Gasteiger partial charge < -0.3 is 9.97 Å². The summed E-state index contributed by atoms with van der Waals surface area (Å²) in [6, 6.07) is 0. The Labute approximate surface area is 223 Å². The van der Waals surface area contributed by atoms with E-state index in [-0.39, 0.29) is 0 Å². The molecule has 0 aliphatic carbocycles. The topological polar surface area (TPSA) is 56.3 Å². The molecule has 37 heavy (non-hydrogen) atoms. The van der Waals surface area contributed by atoms with Gasteiger partial charge in [0.1, 0.15) is 0 Å². The zero-order valence-electron chi connectivity index (χ0n) is 24.2. The van der Waals surface area contributed by atoms with Gasteiger partial charge in [-0.2, -0.15) is 0 Å². The lowest BCUT2D eigenvalue weighted by atomic mass is 9.97. The second-order valence-electron chi connectivity index (χ2n) is 10.8. The fourth-order valence-corrected chi connectivity index (χ4v) is 5.28. The molecule has 2 aromatic heterocycles. The molecule has 0 saturated carbocycles. The number of allylic oxidation sites excluding steroid dienone is 4. The van der Waals surface area contributed by atoms with Gasteiger partial charge in [0.2, 0.25) is 0 Å². The third-order valence-corrected chi connectivity index (χ3v) is 8.24. The van der Waals surface area contributed by atoms with Crippen molar-refractivity contribution in [3.05, 3.63) is 78.7 Å². The van der Waals surface area contributed by atoms with Crippen LogP contribution in [-0.2, 0) is 19.3 Å². The molecular weight excluding hydrogens is 452 g/mol. The molecule has 196 valence electrons. The van der Waals surface area contributed by atoms with Crippen LogP contribution < -0.4 is 0 Å². The highest BCUT2D eigenvalue weighted by Gasteiger charge is 2.20. The van der Waals surface area contributed by atoms with Gasteiger partial charge in [-0.15, -0.1) is 0 Å². The minimum atomic E-state index is 0.889. The number of unbranched alkanes of at least 4 members (excludes halogenated alkanes) is 2. The van der Waals surface area contributed by atoms with Crippen molar-refractivity contribution in [2.24, 2.45) is 9.98 Å². The molecule has 4 rings (SSSR count). The van der Waals surface area contributed by atoms with Crippen molar-refractivity contribution in [2.75, 3.05) is 0 Å². The van der Waals surface area contributed by atoms with E-state index in [2.05, 4.69) is 87.5 Å². The lowest BCUT2D eigenvalue weighted by Crippen LogP contribution is -1.99. The first-order chi connectivity index (χ1) is 17.7. The standard InChI is InChI=1S/C33H44N4/c1-9-11-13-26-24(7)30(15-28-22(5)20(3)18-34-28)36-32(26)17-33-27(14-12-10-2)25(8)31(37-33)16-29-23(6)21(4)19-35-29/h15-16,18-19,36-37H,9-14,17H2,1-8H3/b28-15-,29-16+. The maximum atomic E-state index is 4.66. The minimum absolute atomic E-state index is 0.889. The molecule has 2 aliphatic rings. The van der Waals surface area contributed by atoms with E-state index in [4.69, 9.17) is 0 Å². The molecule has 4 heteroatoms. The largest absolute Gasteiger partial charge is 0.358 e. The fraction of sp³-hybridized carbons (Fsp3) is 0.455. The van der Waals surface area contributed by atoms with Crippen LogP contribution in [-0.4, -0.2) is 22.4 Å². The highest BCUT2D eigenvalue weighted by molar-refractivity contribution is 5.88. The maximum Gasteiger partial charge on any atom is 0.0682 e. The zero-order valence-corrected chi connectivity index (χ0v) is 24.2. The smallest absolute Gasteiger partial charge is 0.0682 e. The second-order valence-corrected chi connectivity index (χ2v) is 10.8. The lowest BCUT2D eigenvalue weighted by molar-refractivity contribution is 0.775. The molecule has 0 atom stereocenters. The van der Waals surface area contributed by atoms with Crippen LogP contribution in [0.25, 0.3) is 12.2 Å². The van der Waals surface area contributed by atoms with E-state index in [0.29, 0.717) is 0 Å². The first-order valence-electron chi connectivity index (χ1n) is 14.0. The van der Waals surface area contributed by atoms with Gasteiger partial charge in [-0.25, -0.2) is 0 Å². The molecule has 0 fully saturated rings. The summed E-state index contributed by atoms with van der Waals surface area (Å²) in [5.74, 6) is 0. The van der Waals surface area contributed by atoms with Crippen LogP contribution >= 0.6 is 0 Å². The molecule has 4 nitrogen and oxygen atoms in total. The van der Waals surface area contributed by atoms with Gasteiger partial charge in [-0.05, 0) is 124 Å². The number of nitrogens with one attached hydrogen (secondary N) is 2. The molecule has 2 aromatic rings. The summed E-state index contributed by atoms with van der Waals surface area (Å²) in [6.07, 6.45) is 16.3. The maximum absolute atomic E-state index is 4.66. The number of aliphatic imine (C=N–C) groups is 2. The van der Waals surface area contributed by atoms with E-state index >= 15 is 0 Å². The van der Waals surface area contributed by atoms with Crippen molar-refractivity contribution in [1.82, 2.24) is 9.97 Å². The Morgan fingerprint density at radius 3 is 1.38 bits per heavy atom. The summed E-state index contributed by atoms with van der Waals surface area (Å²) < 4.78 is 0. The van der Waals surface area contributed by atoms with Crippen LogP contribution in [0, 0.1) is 13.8 Å². The van der Waals surface area contributed by atoms with E-state index < -0.39 is 0 Å². The van der Waals surface area contributed by atoms with Crippen LogP contribution in [0.2, 0.25) is 0 Å². The van der Waals surface area contributed by atoms with E-state index in [0.717, 1.165) is 30.7 Å². The first-order valence-corrected chi connectivity index (χ1v) is 14.0. The van der Waals surface area contributed by atoms with Crippen molar-refractivity contribution < 1.29 is 0 Å². The predicted molar refractivity (Wildman–Crippen MR) is 161 cm³/mol. The zero-order chi connectivity index (χ0) is 26.7. The molecule has 0 radical (unpaired) electrons. The van der Waals surface area contributed by atoms with Crippen LogP contribution in [0.3, 0.4) is 0 Å². The molecule has 0 bridgehead atoms. The van der Waals surface area contributed by atoms with Gasteiger partial charge >= 0.3 is 0 Å². The van der Waals surface area contributed by atoms with Gasteiger partial charge in [-0.3, -0.25) is 9.98 Å². The highest BCUT2D eigenvalue weighted by Crippen LogP contribution is 2.32. The summed E-state index contributed by atoms with van der Waals surface area (Å²) >= 11 is 0. The molecule has 0 unspecified atom stereocenters. The van der Waals surface area contributed by atoms with Gasteiger partial charge in [0, 0.05) is 41.6 Å². The molecule has 0 saturated heterocycles. The normalized spacial score (nSPS) is 17.6. The molecule has 2 N–H and O–H groups in total. The Morgan fingerprint density at radius 2 is 1.05 bits per heavy atom. The first kappa shape index (κ1) is 26.9. The van der Waals surface area contributed by atoms with Crippen LogP contribution in [0.1, 0.15) is 112 Å². The molecule has 0 amide bonds. The van der Waals surface area contributed by atoms with Crippen molar-refractivity contribution in [3.8, 4) is 0 Å². The second kappa shape index (κ2) is 11.5. The number of hydrogen-bond donors (Lipinski definition) is 2. The number of rotatable bonds is 10. The Hall–Kier alpha value is -3.14. The third-order valence-electron chi connectivity index (χ3n) is 8.24. The Bertz CT molecular complexity index is 1260. The van der Waals surface area contributed by atoms with Gasteiger partial charge in [0.15, 0.2) is 0 Å². The van der Waals surface area contributed by atoms with Crippen LogP contribution in [0.5, 0.6) is 0 Å². The van der Waals surface area contributed by atoms with Gasteiger partial charge in [-0.1, -0.05) is 26.7 Å². The number of aromatic nitrogens is 2. The Morgan fingerprint density at radius 1 is 0.649 bits per heavy atom. The molecule has 0 spiro atoms. The van der Waals surface area contributed by atoms with Crippen molar-refractivity contribution >= 4 is 24.6 Å². The minimum Gasteiger partial charge on any atom is -0.358 e. The quantitative estimate of drug-likeness (QED) is 0.330. The molecule has 0 aromatic carbocycles. The summed E-state index contributed by atoms with van der Waals surface area (Å²) in [6.45, 7) is 17.7. The summed E-state index contributed by atoms with van der Waals surface area (Å²) in [4.78, 5) is 17.0. The van der Waals surface area contributed by atoms with Crippen molar-refractivity contribution in [1.29, 1.82) is 0 Å². The van der Waals surface area contributed by atoms with E-state index in [1.807, 2.05) is 12.4 Å². The third kappa shape index (κ3) is 5.58. The van der Waals surface area contributed by atoms with Crippen molar-refractivity contribution in [2.45, 2.75) is 100 Å². The van der Waals surface area contributed by atoms with E-state index in [1.54, 1.807) is 0 Å². The van der Waals surface area contributed by atoms with Crippen LogP contribution in [0.15, 0.2) is 43.7 Å². The van der Waals surface area contributed by atoms with E-state index in [9.17, 15) is 0 Å². The number of hydrogen-bond acceptors (Lipinski definition) is 2. The van der Waals surface area contributed by atoms with Crippen LogP contribution in [0.4, 0.5) is 0 Å². The average Bonchev–Trinajstić information content (AvgIpc) is 3.56. The van der Waals surface area contributed by atoms with Crippen molar-refractivity contribution in [3.63, 3.8) is 0 Å². The average molecular weight is 497 g/mol. The molecule has 2 aliphatic heterocycles. The summed E-state index contributed by atoms with van der Waals surface area (Å²) in [5.41, 5.74) is 17.9. The predicted octanol–water partition coefficient (Wildman–Crippen LogP) is 8.76. The Kier molecular flexibility index (Phi) is 8.36. The number of nitrogens with zero attached hydrogens (tertiary/aromatic N) is 2. The highest BCUT2D eigenvalue weighted by atomic mass is 14.8. The van der Waals surface area contributed by atoms with Gasteiger partial charge in [0.25, 0.3) is 0 Å². The summed E-state index contributed by atoms with van der Waals surface area (Å²) in [7, 11) is 0. The lowest BCUT2D eigenvalue weighted by Gasteiger charge is -2.08. The number of H-pyrrole nitrogens is 2. The molecule has 4 heterocycles. The monoisotopic (exact) mass is 496 g/mol. The molecular formula is C33H44N4. The SMILES string of the molecule is CCCCc1c(Cc2[nH]c(/C=C3/N=CC(C)=C3C)c(C)c2CCCC)[nH]c(/C=C2\N=CC(C)=C2C)c1C.